The summed E-state index contributed by atoms with van der Waals surface area (Å²) in [4.78, 5) is 21.0. The van der Waals surface area contributed by atoms with Crippen LogP contribution in [0.15, 0.2) is 48.1 Å². The SMILES string of the molecule is CCCCCOc1ccc(CC(=O)c2nc(-c3cccnc3)cs2)cc1C(F)F.F. The molecule has 0 aliphatic heterocycles. The topological polar surface area (TPSA) is 52.1 Å². The third kappa shape index (κ3) is 6.13. The van der Waals surface area contributed by atoms with Gasteiger partial charge in [0.05, 0.1) is 17.9 Å². The lowest BCUT2D eigenvalue weighted by molar-refractivity contribution is 0.0992. The molecule has 3 rings (SSSR count). The van der Waals surface area contributed by atoms with E-state index in [1.807, 2.05) is 6.07 Å². The second-order valence-electron chi connectivity index (χ2n) is 6.61. The van der Waals surface area contributed by atoms with Gasteiger partial charge in [0, 0.05) is 29.8 Å². The van der Waals surface area contributed by atoms with Crippen LogP contribution in [0.3, 0.4) is 0 Å². The average Bonchev–Trinajstić information content (AvgIpc) is 3.23. The van der Waals surface area contributed by atoms with E-state index in [0.29, 0.717) is 22.9 Å². The lowest BCUT2D eigenvalue weighted by Gasteiger charge is -2.12. The molecular weight excluding hydrogens is 413 g/mol. The zero-order valence-corrected chi connectivity index (χ0v) is 17.3. The highest BCUT2D eigenvalue weighted by Gasteiger charge is 2.18. The summed E-state index contributed by atoms with van der Waals surface area (Å²) in [5.41, 5.74) is 1.84. The van der Waals surface area contributed by atoms with Crippen LogP contribution in [0.2, 0.25) is 0 Å². The van der Waals surface area contributed by atoms with E-state index in [2.05, 4.69) is 16.9 Å². The van der Waals surface area contributed by atoms with Gasteiger partial charge in [-0.1, -0.05) is 25.8 Å². The minimum atomic E-state index is -2.66. The van der Waals surface area contributed by atoms with E-state index in [1.54, 1.807) is 29.9 Å². The van der Waals surface area contributed by atoms with Crippen molar-refractivity contribution in [2.45, 2.75) is 39.0 Å². The Hall–Kier alpha value is -2.74. The molecule has 0 spiro atoms. The van der Waals surface area contributed by atoms with Crippen LogP contribution in [0.25, 0.3) is 11.3 Å². The van der Waals surface area contributed by atoms with E-state index in [4.69, 9.17) is 4.74 Å². The van der Waals surface area contributed by atoms with Gasteiger partial charge in [-0.25, -0.2) is 13.8 Å². The van der Waals surface area contributed by atoms with Crippen molar-refractivity contribution in [3.63, 3.8) is 0 Å². The Morgan fingerprint density at radius 2 is 2.07 bits per heavy atom. The molecule has 0 saturated heterocycles. The molecule has 160 valence electrons. The fourth-order valence-corrected chi connectivity index (χ4v) is 3.62. The quantitative estimate of drug-likeness (QED) is 0.277. The number of ether oxygens (including phenoxy) is 1. The summed E-state index contributed by atoms with van der Waals surface area (Å²) in [5, 5.41) is 2.14. The third-order valence-corrected chi connectivity index (χ3v) is 5.26. The summed E-state index contributed by atoms with van der Waals surface area (Å²) in [7, 11) is 0. The number of Topliss-reactive ketones (excluding diaryl/α,β-unsaturated/α-hetero) is 1. The number of rotatable bonds is 10. The molecule has 0 N–H and O–H groups in total. The highest BCUT2D eigenvalue weighted by Crippen LogP contribution is 2.31. The molecule has 1 aromatic carbocycles. The number of halogens is 3. The van der Waals surface area contributed by atoms with Crippen molar-refractivity contribution in [1.82, 2.24) is 9.97 Å². The normalized spacial score (nSPS) is 10.7. The number of hydrogen-bond donors (Lipinski definition) is 0. The van der Waals surface area contributed by atoms with Crippen LogP contribution in [0.5, 0.6) is 5.75 Å². The number of pyridine rings is 1. The molecule has 0 fully saturated rings. The number of unbranched alkanes of at least 4 members (excludes halogenated alkanes) is 2. The van der Waals surface area contributed by atoms with Gasteiger partial charge in [-0.3, -0.25) is 14.5 Å². The van der Waals surface area contributed by atoms with Crippen LogP contribution in [0.4, 0.5) is 13.5 Å². The molecule has 30 heavy (non-hydrogen) atoms. The van der Waals surface area contributed by atoms with Crippen LogP contribution in [0, 0.1) is 0 Å². The lowest BCUT2D eigenvalue weighted by atomic mass is 10.0. The summed E-state index contributed by atoms with van der Waals surface area (Å²) in [6, 6.07) is 8.21. The lowest BCUT2D eigenvalue weighted by Crippen LogP contribution is -2.05. The van der Waals surface area contributed by atoms with Crippen molar-refractivity contribution < 1.29 is 23.0 Å². The molecule has 0 aliphatic rings. The number of benzene rings is 1. The number of ketones is 1. The Bertz CT molecular complexity index is 949. The Labute approximate surface area is 177 Å². The average molecular weight is 436 g/mol. The first-order valence-corrected chi connectivity index (χ1v) is 10.4. The van der Waals surface area contributed by atoms with Crippen molar-refractivity contribution in [3.05, 3.63) is 64.2 Å². The molecule has 0 bridgehead atoms. The van der Waals surface area contributed by atoms with E-state index >= 15 is 0 Å². The monoisotopic (exact) mass is 436 g/mol. The third-order valence-electron chi connectivity index (χ3n) is 4.38. The van der Waals surface area contributed by atoms with Crippen LogP contribution in [-0.2, 0) is 6.42 Å². The predicted octanol–water partition coefficient (Wildman–Crippen LogP) is 6.29. The van der Waals surface area contributed by atoms with Gasteiger partial charge in [-0.05, 0) is 36.2 Å². The highest BCUT2D eigenvalue weighted by atomic mass is 32.1. The van der Waals surface area contributed by atoms with Crippen molar-refractivity contribution >= 4 is 17.1 Å². The second kappa shape index (κ2) is 11.4. The summed E-state index contributed by atoms with van der Waals surface area (Å²) in [6.45, 7) is 2.47. The zero-order valence-electron chi connectivity index (χ0n) is 16.5. The minimum Gasteiger partial charge on any atom is -0.493 e. The zero-order chi connectivity index (χ0) is 20.6. The number of thiazole rings is 1. The van der Waals surface area contributed by atoms with Gasteiger partial charge in [-0.2, -0.15) is 0 Å². The van der Waals surface area contributed by atoms with Gasteiger partial charge in [0.1, 0.15) is 5.75 Å². The van der Waals surface area contributed by atoms with Crippen LogP contribution in [-0.4, -0.2) is 22.4 Å². The first-order valence-electron chi connectivity index (χ1n) is 9.51. The van der Waals surface area contributed by atoms with Gasteiger partial charge in [0.25, 0.3) is 6.43 Å². The Morgan fingerprint density at radius 3 is 2.77 bits per heavy atom. The number of carbonyl (C=O) groups excluding carboxylic acids is 1. The van der Waals surface area contributed by atoms with Crippen molar-refractivity contribution in [2.75, 3.05) is 6.61 Å². The van der Waals surface area contributed by atoms with Gasteiger partial charge in [0.15, 0.2) is 10.8 Å². The fourth-order valence-electron chi connectivity index (χ4n) is 2.85. The predicted molar refractivity (Wildman–Crippen MR) is 112 cm³/mol. The second-order valence-corrected chi connectivity index (χ2v) is 7.47. The standard InChI is InChI=1S/C22H22F2N2O2S.FH/c1-2-3-4-10-28-20-8-7-15(11-17(20)21(23)24)12-19(27)22-26-18(14-29-22)16-6-5-9-25-13-16;/h5-9,11,13-14,21H,2-4,10,12H2,1H3;1H. The number of aromatic nitrogens is 2. The van der Waals surface area contributed by atoms with Gasteiger partial charge in [-0.15, -0.1) is 11.3 Å². The fraction of sp³-hybridized carbons (Fsp3) is 0.318. The smallest absolute Gasteiger partial charge is 0.267 e. The van der Waals surface area contributed by atoms with Crippen LogP contribution < -0.4 is 4.74 Å². The molecule has 0 atom stereocenters. The van der Waals surface area contributed by atoms with Crippen molar-refractivity contribution in [3.8, 4) is 17.0 Å². The molecule has 0 amide bonds. The molecule has 2 aromatic heterocycles. The van der Waals surface area contributed by atoms with E-state index in [1.165, 1.54) is 23.5 Å². The number of alkyl halides is 2. The van der Waals surface area contributed by atoms with E-state index in [9.17, 15) is 13.6 Å². The maximum Gasteiger partial charge on any atom is 0.267 e. The van der Waals surface area contributed by atoms with Crippen molar-refractivity contribution in [1.29, 1.82) is 0 Å². The first kappa shape index (κ1) is 23.5. The Morgan fingerprint density at radius 1 is 1.23 bits per heavy atom. The van der Waals surface area contributed by atoms with E-state index < -0.39 is 6.43 Å². The molecule has 4 nitrogen and oxygen atoms in total. The van der Waals surface area contributed by atoms with Gasteiger partial charge >= 0.3 is 0 Å². The summed E-state index contributed by atoms with van der Waals surface area (Å²) >= 11 is 1.24. The highest BCUT2D eigenvalue weighted by molar-refractivity contribution is 7.12. The Kier molecular flexibility index (Phi) is 8.98. The van der Waals surface area contributed by atoms with Gasteiger partial charge in [0.2, 0.25) is 0 Å². The molecule has 3 aromatic rings. The molecule has 0 unspecified atom stereocenters. The van der Waals surface area contributed by atoms with Gasteiger partial charge < -0.3 is 4.74 Å². The summed E-state index contributed by atoms with van der Waals surface area (Å²) in [5.74, 6) is -0.0256. The van der Waals surface area contributed by atoms with Crippen molar-refractivity contribution in [2.24, 2.45) is 0 Å². The molecule has 0 saturated carbocycles. The molecule has 2 heterocycles. The van der Waals surface area contributed by atoms with Crippen LogP contribution in [0.1, 0.15) is 53.5 Å². The molecule has 8 heteroatoms. The largest absolute Gasteiger partial charge is 0.493 e. The molecule has 0 radical (unpaired) electrons. The minimum absolute atomic E-state index is 0. The first-order chi connectivity index (χ1) is 14.1. The summed E-state index contributed by atoms with van der Waals surface area (Å²) in [6.07, 6.45) is 3.54. The van der Waals surface area contributed by atoms with E-state index in [-0.39, 0.29) is 28.2 Å². The molecular formula is C22H23F3N2O2S. The number of carbonyl (C=O) groups is 1. The maximum atomic E-state index is 13.5. The summed E-state index contributed by atoms with van der Waals surface area (Å²) < 4.78 is 32.4. The van der Waals surface area contributed by atoms with Crippen LogP contribution >= 0.6 is 11.3 Å². The Balaban J connectivity index is 0.00000320. The van der Waals surface area contributed by atoms with E-state index in [0.717, 1.165) is 24.8 Å². The number of nitrogens with zero attached hydrogens (tertiary/aromatic N) is 2. The molecule has 0 aliphatic carbocycles. The maximum absolute atomic E-state index is 13.5. The number of hydrogen-bond acceptors (Lipinski definition) is 5.